The van der Waals surface area contributed by atoms with Crippen LogP contribution < -0.4 is 0 Å². The monoisotopic (exact) mass is 194 g/mol. The molecule has 3 heteroatoms. The Kier molecular flexibility index (Phi) is 2.74. The zero-order valence-electron chi connectivity index (χ0n) is 7.62. The summed E-state index contributed by atoms with van der Waals surface area (Å²) in [7, 11) is 0. The molecule has 0 aliphatic heterocycles. The average Bonchev–Trinajstić information content (AvgIpc) is 2.19. The summed E-state index contributed by atoms with van der Waals surface area (Å²) in [5, 5.41) is 0. The van der Waals surface area contributed by atoms with Gasteiger partial charge in [0.25, 0.3) is 0 Å². The predicted molar refractivity (Wildman–Crippen MR) is 55.2 cm³/mol. The normalized spacial score (nSPS) is 18.8. The van der Waals surface area contributed by atoms with Crippen molar-refractivity contribution in [3.05, 3.63) is 22.7 Å². The van der Waals surface area contributed by atoms with Crippen molar-refractivity contribution < 1.29 is 0 Å². The first-order chi connectivity index (χ1) is 6.36. The van der Waals surface area contributed by atoms with Gasteiger partial charge in [0, 0.05) is 12.1 Å². The van der Waals surface area contributed by atoms with Gasteiger partial charge in [0.05, 0.1) is 0 Å². The number of rotatable bonds is 1. The van der Waals surface area contributed by atoms with Crippen LogP contribution in [-0.2, 0) is 0 Å². The number of nitrogens with one attached hydrogen (secondary N) is 1. The van der Waals surface area contributed by atoms with Crippen LogP contribution in [0.5, 0.6) is 0 Å². The summed E-state index contributed by atoms with van der Waals surface area (Å²) in [6.45, 7) is 0. The van der Waals surface area contributed by atoms with Crippen LogP contribution in [0.4, 0.5) is 0 Å². The van der Waals surface area contributed by atoms with Crippen LogP contribution >= 0.6 is 12.2 Å². The van der Waals surface area contributed by atoms with Gasteiger partial charge >= 0.3 is 0 Å². The Balaban J connectivity index is 2.19. The zero-order chi connectivity index (χ0) is 9.10. The van der Waals surface area contributed by atoms with Gasteiger partial charge in [-0.25, -0.2) is 4.98 Å². The van der Waals surface area contributed by atoms with Crippen molar-refractivity contribution in [2.45, 2.75) is 38.0 Å². The molecule has 0 unspecified atom stereocenters. The van der Waals surface area contributed by atoms with E-state index in [9.17, 15) is 0 Å². The third-order valence-corrected chi connectivity index (χ3v) is 2.92. The summed E-state index contributed by atoms with van der Waals surface area (Å²) in [6, 6.07) is 1.83. The maximum Gasteiger partial charge on any atom is 0.110 e. The van der Waals surface area contributed by atoms with E-state index < -0.39 is 0 Å². The molecule has 0 radical (unpaired) electrons. The minimum absolute atomic E-state index is 0.622. The summed E-state index contributed by atoms with van der Waals surface area (Å²) < 4.78 is 0.801. The quantitative estimate of drug-likeness (QED) is 0.695. The Morgan fingerprint density at radius 1 is 1.31 bits per heavy atom. The van der Waals surface area contributed by atoms with E-state index in [0.717, 1.165) is 10.5 Å². The van der Waals surface area contributed by atoms with Crippen molar-refractivity contribution in [1.82, 2.24) is 9.97 Å². The van der Waals surface area contributed by atoms with E-state index >= 15 is 0 Å². The molecule has 2 nitrogen and oxygen atoms in total. The Morgan fingerprint density at radius 3 is 2.77 bits per heavy atom. The second-order valence-corrected chi connectivity index (χ2v) is 4.09. The maximum absolute atomic E-state index is 5.07. The SMILES string of the molecule is S=c1ccnc(C2CCCCC2)[nH]1. The first-order valence-corrected chi connectivity index (χ1v) is 5.32. The van der Waals surface area contributed by atoms with E-state index in [4.69, 9.17) is 12.2 Å². The minimum Gasteiger partial charge on any atom is -0.335 e. The number of nitrogens with zero attached hydrogens (tertiary/aromatic N) is 1. The maximum atomic E-state index is 5.07. The number of hydrogen-bond donors (Lipinski definition) is 1. The van der Waals surface area contributed by atoms with E-state index in [-0.39, 0.29) is 0 Å². The van der Waals surface area contributed by atoms with Crippen molar-refractivity contribution in [3.8, 4) is 0 Å². The fraction of sp³-hybridized carbons (Fsp3) is 0.600. The highest BCUT2D eigenvalue weighted by molar-refractivity contribution is 7.71. The lowest BCUT2D eigenvalue weighted by Crippen LogP contribution is -2.08. The average molecular weight is 194 g/mol. The molecule has 0 spiro atoms. The molecule has 0 atom stereocenters. The first-order valence-electron chi connectivity index (χ1n) is 4.91. The molecule has 1 N–H and O–H groups in total. The Labute approximate surface area is 83.4 Å². The lowest BCUT2D eigenvalue weighted by Gasteiger charge is -2.20. The third kappa shape index (κ3) is 2.15. The Bertz CT molecular complexity index is 326. The standard InChI is InChI=1S/C10H14N2S/c13-9-6-7-11-10(12-9)8-4-2-1-3-5-8/h6-8H,1-5H2,(H,11,12,13). The van der Waals surface area contributed by atoms with Gasteiger partial charge in [-0.3, -0.25) is 0 Å². The van der Waals surface area contributed by atoms with E-state index in [1.807, 2.05) is 12.3 Å². The molecule has 2 rings (SSSR count). The van der Waals surface area contributed by atoms with Crippen molar-refractivity contribution in [2.75, 3.05) is 0 Å². The summed E-state index contributed by atoms with van der Waals surface area (Å²) >= 11 is 5.07. The number of hydrogen-bond acceptors (Lipinski definition) is 2. The molecule has 0 aromatic carbocycles. The molecule has 1 aromatic rings. The van der Waals surface area contributed by atoms with Crippen molar-refractivity contribution in [2.24, 2.45) is 0 Å². The molecule has 1 saturated carbocycles. The van der Waals surface area contributed by atoms with Crippen LogP contribution in [-0.4, -0.2) is 9.97 Å². The number of H-pyrrole nitrogens is 1. The lowest BCUT2D eigenvalue weighted by atomic mass is 9.89. The zero-order valence-corrected chi connectivity index (χ0v) is 8.44. The summed E-state index contributed by atoms with van der Waals surface area (Å²) in [4.78, 5) is 7.52. The van der Waals surface area contributed by atoms with Crippen molar-refractivity contribution in [1.29, 1.82) is 0 Å². The van der Waals surface area contributed by atoms with Crippen LogP contribution in [0.15, 0.2) is 12.3 Å². The second kappa shape index (κ2) is 4.01. The van der Waals surface area contributed by atoms with E-state index in [2.05, 4.69) is 9.97 Å². The Hall–Kier alpha value is -0.700. The molecule has 70 valence electrons. The van der Waals surface area contributed by atoms with E-state index in [0.29, 0.717) is 5.92 Å². The summed E-state index contributed by atoms with van der Waals surface area (Å²) in [5.74, 6) is 1.71. The Morgan fingerprint density at radius 2 is 2.08 bits per heavy atom. The van der Waals surface area contributed by atoms with Crippen molar-refractivity contribution >= 4 is 12.2 Å². The third-order valence-electron chi connectivity index (χ3n) is 2.68. The van der Waals surface area contributed by atoms with E-state index in [1.165, 1.54) is 32.1 Å². The van der Waals surface area contributed by atoms with E-state index in [1.54, 1.807) is 0 Å². The summed E-state index contributed by atoms with van der Waals surface area (Å²) in [6.07, 6.45) is 8.39. The van der Waals surface area contributed by atoms with Crippen LogP contribution in [0.2, 0.25) is 0 Å². The van der Waals surface area contributed by atoms with Crippen LogP contribution in [0.25, 0.3) is 0 Å². The van der Waals surface area contributed by atoms with Gasteiger partial charge in [0.2, 0.25) is 0 Å². The molecule has 0 bridgehead atoms. The van der Waals surface area contributed by atoms with Gasteiger partial charge in [0.15, 0.2) is 0 Å². The molecule has 1 fully saturated rings. The minimum atomic E-state index is 0.622. The molecule has 1 aliphatic rings. The molecular formula is C10H14N2S. The largest absolute Gasteiger partial charge is 0.335 e. The van der Waals surface area contributed by atoms with Crippen LogP contribution in [0, 0.1) is 4.64 Å². The molecule has 1 aromatic heterocycles. The topological polar surface area (TPSA) is 28.7 Å². The summed E-state index contributed by atoms with van der Waals surface area (Å²) in [5.41, 5.74) is 0. The first kappa shape index (κ1) is 8.88. The van der Waals surface area contributed by atoms with Gasteiger partial charge in [-0.1, -0.05) is 31.5 Å². The molecule has 13 heavy (non-hydrogen) atoms. The predicted octanol–water partition coefficient (Wildman–Crippen LogP) is 3.19. The highest BCUT2D eigenvalue weighted by atomic mass is 32.1. The highest BCUT2D eigenvalue weighted by Gasteiger charge is 2.16. The molecule has 0 amide bonds. The van der Waals surface area contributed by atoms with Crippen LogP contribution in [0.3, 0.4) is 0 Å². The second-order valence-electron chi connectivity index (χ2n) is 3.65. The highest BCUT2D eigenvalue weighted by Crippen LogP contribution is 2.30. The number of aromatic nitrogens is 2. The molecule has 1 heterocycles. The van der Waals surface area contributed by atoms with Gasteiger partial charge in [-0.2, -0.15) is 0 Å². The fourth-order valence-electron chi connectivity index (χ4n) is 1.97. The lowest BCUT2D eigenvalue weighted by molar-refractivity contribution is 0.428. The van der Waals surface area contributed by atoms with Gasteiger partial charge in [0.1, 0.15) is 10.5 Å². The van der Waals surface area contributed by atoms with Gasteiger partial charge in [-0.05, 0) is 18.9 Å². The van der Waals surface area contributed by atoms with Gasteiger partial charge in [-0.15, -0.1) is 0 Å². The van der Waals surface area contributed by atoms with Crippen LogP contribution in [0.1, 0.15) is 43.8 Å². The number of aromatic amines is 1. The molecule has 0 saturated heterocycles. The molecule has 1 aliphatic carbocycles. The molecular weight excluding hydrogens is 180 g/mol. The van der Waals surface area contributed by atoms with Gasteiger partial charge < -0.3 is 4.98 Å². The fourth-order valence-corrected chi connectivity index (χ4v) is 2.13. The smallest absolute Gasteiger partial charge is 0.110 e. The van der Waals surface area contributed by atoms with Crippen molar-refractivity contribution in [3.63, 3.8) is 0 Å².